The summed E-state index contributed by atoms with van der Waals surface area (Å²) in [6.45, 7) is -8.66. The molecule has 0 amide bonds. The normalized spacial score (nSPS) is 20.2. The molecule has 3 heterocycles. The molecule has 0 saturated carbocycles. The molecule has 23 heavy (non-hydrogen) atoms. The second-order valence-corrected chi connectivity index (χ2v) is 5.14. The lowest BCUT2D eigenvalue weighted by atomic mass is 10.0. The molecule has 0 fully saturated rings. The highest BCUT2D eigenvalue weighted by atomic mass is 16.3. The summed E-state index contributed by atoms with van der Waals surface area (Å²) in [4.78, 5) is 8.35. The highest BCUT2D eigenvalue weighted by Gasteiger charge is 2.14. The van der Waals surface area contributed by atoms with Crippen LogP contribution in [0, 0.1) is 6.85 Å². The van der Waals surface area contributed by atoms with Gasteiger partial charge in [0.05, 0.1) is 5.69 Å². The standard InChI is InChI=1S/C20H18N2O/c1-12(2)14-9-10-21-18(11-14)17-6-4-5-15-16-8-7-13(3)22-20(16)23-19(15)17/h4-12H,1-3H3/i1D3,2D3,3D3,12D. The molecular formula is C20H18N2O. The first-order chi connectivity index (χ1) is 15.1. The second kappa shape index (κ2) is 5.20. The van der Waals surface area contributed by atoms with E-state index in [9.17, 15) is 0 Å². The monoisotopic (exact) mass is 312 g/mol. The summed E-state index contributed by atoms with van der Waals surface area (Å²) in [7, 11) is 0. The maximum Gasteiger partial charge on any atom is 0.227 e. The average molecular weight is 312 g/mol. The van der Waals surface area contributed by atoms with Crippen LogP contribution in [0.15, 0.2) is 53.1 Å². The molecule has 114 valence electrons. The van der Waals surface area contributed by atoms with Crippen LogP contribution in [0.1, 0.15) is 44.6 Å². The van der Waals surface area contributed by atoms with Gasteiger partial charge in [-0.15, -0.1) is 0 Å². The van der Waals surface area contributed by atoms with E-state index in [4.69, 9.17) is 18.1 Å². The number of aromatic nitrogens is 2. The third-order valence-electron chi connectivity index (χ3n) is 3.69. The first-order valence-electron chi connectivity index (χ1n) is 11.9. The van der Waals surface area contributed by atoms with E-state index in [2.05, 4.69) is 9.97 Å². The fraction of sp³-hybridized carbons (Fsp3) is 0.200. The third kappa shape index (κ3) is 2.29. The van der Waals surface area contributed by atoms with Crippen molar-refractivity contribution in [3.05, 3.63) is 59.9 Å². The summed E-state index contributed by atoms with van der Waals surface area (Å²) in [5.74, 6) is -2.87. The van der Waals surface area contributed by atoms with Crippen LogP contribution < -0.4 is 0 Å². The van der Waals surface area contributed by atoms with E-state index >= 15 is 0 Å². The van der Waals surface area contributed by atoms with E-state index in [1.165, 1.54) is 24.4 Å². The lowest BCUT2D eigenvalue weighted by Gasteiger charge is -2.07. The van der Waals surface area contributed by atoms with Gasteiger partial charge in [-0.1, -0.05) is 25.8 Å². The fourth-order valence-electron chi connectivity index (χ4n) is 2.61. The molecule has 0 spiro atoms. The number of fused-ring (bicyclic) bond motifs is 3. The van der Waals surface area contributed by atoms with Crippen LogP contribution in [0.4, 0.5) is 0 Å². The minimum atomic E-state index is -3.13. The number of para-hydroxylation sites is 1. The molecule has 0 saturated heterocycles. The summed E-state index contributed by atoms with van der Waals surface area (Å²) < 4.78 is 83.3. The lowest BCUT2D eigenvalue weighted by molar-refractivity contribution is 0.653. The topological polar surface area (TPSA) is 38.9 Å². The molecule has 0 aliphatic carbocycles. The Labute approximate surface area is 149 Å². The van der Waals surface area contributed by atoms with Crippen LogP contribution in [0.25, 0.3) is 33.3 Å². The van der Waals surface area contributed by atoms with Gasteiger partial charge in [0, 0.05) is 41.9 Å². The second-order valence-electron chi connectivity index (χ2n) is 5.14. The Balaban J connectivity index is 1.93. The van der Waals surface area contributed by atoms with Gasteiger partial charge in [-0.2, -0.15) is 0 Å². The van der Waals surface area contributed by atoms with Gasteiger partial charge in [-0.3, -0.25) is 4.98 Å². The van der Waals surface area contributed by atoms with Crippen molar-refractivity contribution in [1.29, 1.82) is 0 Å². The highest BCUT2D eigenvalue weighted by molar-refractivity contribution is 6.08. The van der Waals surface area contributed by atoms with E-state index in [0.29, 0.717) is 21.9 Å². The number of aryl methyl sites for hydroxylation is 1. The number of benzene rings is 1. The van der Waals surface area contributed by atoms with Gasteiger partial charge < -0.3 is 4.42 Å². The molecule has 0 aliphatic rings. The smallest absolute Gasteiger partial charge is 0.227 e. The van der Waals surface area contributed by atoms with Crippen LogP contribution in [0.3, 0.4) is 0 Å². The molecule has 0 aliphatic heterocycles. The first kappa shape index (κ1) is 6.83. The van der Waals surface area contributed by atoms with Gasteiger partial charge in [-0.25, -0.2) is 4.98 Å². The molecule has 3 aromatic heterocycles. The molecule has 4 rings (SSSR count). The number of furan rings is 1. The van der Waals surface area contributed by atoms with Gasteiger partial charge in [0.2, 0.25) is 5.71 Å². The van der Waals surface area contributed by atoms with Crippen molar-refractivity contribution in [2.75, 3.05) is 0 Å². The van der Waals surface area contributed by atoms with Crippen molar-refractivity contribution in [2.24, 2.45) is 0 Å². The quantitative estimate of drug-likeness (QED) is 0.492. The van der Waals surface area contributed by atoms with Crippen LogP contribution in [0.2, 0.25) is 0 Å². The van der Waals surface area contributed by atoms with Gasteiger partial charge >= 0.3 is 0 Å². The Kier molecular flexibility index (Phi) is 1.54. The number of hydrogen-bond acceptors (Lipinski definition) is 3. The zero-order valence-electron chi connectivity index (χ0n) is 21.9. The molecule has 0 unspecified atom stereocenters. The predicted octanol–water partition coefficient (Wildman–Crippen LogP) is 5.47. The Bertz CT molecular complexity index is 1340. The van der Waals surface area contributed by atoms with Crippen LogP contribution in [0.5, 0.6) is 0 Å². The van der Waals surface area contributed by atoms with Gasteiger partial charge in [0.15, 0.2) is 0 Å². The zero-order valence-corrected chi connectivity index (χ0v) is 11.9. The Hall–Kier alpha value is -2.68. The minimum absolute atomic E-state index is 0.113. The molecular weight excluding hydrogens is 284 g/mol. The predicted molar refractivity (Wildman–Crippen MR) is 93.6 cm³/mol. The van der Waals surface area contributed by atoms with Crippen molar-refractivity contribution in [3.63, 3.8) is 0 Å². The summed E-state index contributed by atoms with van der Waals surface area (Å²) in [5, 5.41) is 1.21. The van der Waals surface area contributed by atoms with Crippen molar-refractivity contribution in [1.82, 2.24) is 9.97 Å². The first-order valence-corrected chi connectivity index (χ1v) is 6.94. The molecule has 0 bridgehead atoms. The maximum atomic E-state index is 8.42. The molecule has 3 heteroatoms. The van der Waals surface area contributed by atoms with Gasteiger partial charge in [-0.05, 0) is 48.6 Å². The number of pyridine rings is 2. The van der Waals surface area contributed by atoms with Crippen molar-refractivity contribution in [2.45, 2.75) is 26.4 Å². The number of rotatable bonds is 2. The van der Waals surface area contributed by atoms with Crippen LogP contribution >= 0.6 is 0 Å². The van der Waals surface area contributed by atoms with E-state index in [1.54, 1.807) is 24.3 Å². The fourth-order valence-corrected chi connectivity index (χ4v) is 2.61. The number of hydrogen-bond donors (Lipinski definition) is 0. The molecule has 1 aromatic carbocycles. The zero-order chi connectivity index (χ0) is 24.4. The number of nitrogens with zero attached hydrogens (tertiary/aromatic N) is 2. The van der Waals surface area contributed by atoms with Crippen LogP contribution in [-0.2, 0) is 0 Å². The molecule has 4 aromatic rings. The SMILES string of the molecule is [2H]C([2H])([2H])c1ccc2c(n1)oc1c(-c3cc(C([2H])(C([2H])([2H])[2H])C([2H])([2H])[2H])ccn3)cccc12. The average Bonchev–Trinajstić information content (AvgIpc) is 3.09. The van der Waals surface area contributed by atoms with Crippen LogP contribution in [-0.4, -0.2) is 9.97 Å². The molecule has 3 nitrogen and oxygen atoms in total. The third-order valence-corrected chi connectivity index (χ3v) is 3.69. The Morgan fingerprint density at radius 3 is 2.96 bits per heavy atom. The van der Waals surface area contributed by atoms with Gasteiger partial charge in [0.25, 0.3) is 0 Å². The maximum absolute atomic E-state index is 8.42. The highest BCUT2D eigenvalue weighted by Crippen LogP contribution is 2.35. The van der Waals surface area contributed by atoms with Crippen molar-refractivity contribution >= 4 is 22.1 Å². The van der Waals surface area contributed by atoms with E-state index < -0.39 is 26.4 Å². The van der Waals surface area contributed by atoms with Crippen molar-refractivity contribution in [3.8, 4) is 11.3 Å². The summed E-state index contributed by atoms with van der Waals surface area (Å²) in [6, 6.07) is 10.6. The van der Waals surface area contributed by atoms with Gasteiger partial charge in [0.1, 0.15) is 5.58 Å². The summed E-state index contributed by atoms with van der Waals surface area (Å²) in [6.07, 6.45) is 1.25. The summed E-state index contributed by atoms with van der Waals surface area (Å²) in [5.41, 5.74) is 0.709. The summed E-state index contributed by atoms with van der Waals surface area (Å²) >= 11 is 0. The molecule has 0 atom stereocenters. The Morgan fingerprint density at radius 2 is 2.09 bits per heavy atom. The minimum Gasteiger partial charge on any atom is -0.437 e. The van der Waals surface area contributed by atoms with E-state index in [0.717, 1.165) is 0 Å². The molecule has 0 radical (unpaired) electrons. The lowest BCUT2D eigenvalue weighted by Crippen LogP contribution is -1.90. The van der Waals surface area contributed by atoms with E-state index in [1.807, 2.05) is 0 Å². The Morgan fingerprint density at radius 1 is 1.13 bits per heavy atom. The van der Waals surface area contributed by atoms with E-state index in [-0.39, 0.29) is 22.7 Å². The van der Waals surface area contributed by atoms with Crippen molar-refractivity contribution < 1.29 is 18.1 Å². The largest absolute Gasteiger partial charge is 0.437 e. The molecule has 0 N–H and O–H groups in total.